The van der Waals surface area contributed by atoms with E-state index in [1.807, 2.05) is 19.1 Å². The van der Waals surface area contributed by atoms with Crippen LogP contribution >= 0.6 is 11.6 Å². The van der Waals surface area contributed by atoms with Crippen molar-refractivity contribution in [2.24, 2.45) is 5.41 Å². The molecule has 2 aromatic heterocycles. The molecule has 1 unspecified atom stereocenters. The van der Waals surface area contributed by atoms with Gasteiger partial charge in [0.25, 0.3) is 0 Å². The molecule has 0 bridgehead atoms. The average molecular weight is 280 g/mol. The number of pyridine rings is 1. The highest BCUT2D eigenvalue weighted by Gasteiger charge is 2.26. The zero-order chi connectivity index (χ0) is 14.2. The molecule has 19 heavy (non-hydrogen) atoms. The maximum atomic E-state index is 5.91. The maximum Gasteiger partial charge on any atom is 0.160 e. The van der Waals surface area contributed by atoms with Gasteiger partial charge in [-0.1, -0.05) is 20.8 Å². The Kier molecular flexibility index (Phi) is 3.86. The number of fused-ring (bicyclic) bond motifs is 1. The van der Waals surface area contributed by atoms with E-state index in [0.717, 1.165) is 29.1 Å². The Bertz CT molecular complexity index is 581. The summed E-state index contributed by atoms with van der Waals surface area (Å²) in [6.07, 6.45) is 0.775. The zero-order valence-electron chi connectivity index (χ0n) is 12.4. The fourth-order valence-electron chi connectivity index (χ4n) is 2.17. The third-order valence-electron chi connectivity index (χ3n) is 3.71. The number of halogens is 1. The number of imidazole rings is 1. The van der Waals surface area contributed by atoms with Gasteiger partial charge in [0.15, 0.2) is 5.65 Å². The predicted octanol–water partition coefficient (Wildman–Crippen LogP) is 4.13. The van der Waals surface area contributed by atoms with Gasteiger partial charge in [-0.25, -0.2) is 9.97 Å². The van der Waals surface area contributed by atoms with Crippen LogP contribution < -0.4 is 0 Å². The summed E-state index contributed by atoms with van der Waals surface area (Å²) in [6.45, 7) is 11.0. The topological polar surface area (TPSA) is 30.7 Å². The highest BCUT2D eigenvalue weighted by atomic mass is 35.5. The van der Waals surface area contributed by atoms with Gasteiger partial charge in [-0.05, 0) is 31.4 Å². The van der Waals surface area contributed by atoms with Crippen molar-refractivity contribution in [1.29, 1.82) is 0 Å². The normalized spacial score (nSPS) is 14.0. The summed E-state index contributed by atoms with van der Waals surface area (Å²) in [4.78, 5) is 9.36. The molecule has 1 atom stereocenters. The van der Waals surface area contributed by atoms with Crippen molar-refractivity contribution < 1.29 is 0 Å². The molecule has 3 nitrogen and oxygen atoms in total. The predicted molar refractivity (Wildman–Crippen MR) is 80.9 cm³/mol. The lowest BCUT2D eigenvalue weighted by Gasteiger charge is -2.30. The van der Waals surface area contributed by atoms with Gasteiger partial charge in [0.1, 0.15) is 11.3 Å². The van der Waals surface area contributed by atoms with Gasteiger partial charge in [0.05, 0.1) is 0 Å². The molecule has 2 rings (SSSR count). The third-order valence-corrected chi connectivity index (χ3v) is 3.90. The Balaban J connectivity index is 2.66. The van der Waals surface area contributed by atoms with E-state index in [2.05, 4.69) is 37.2 Å². The molecular weight excluding hydrogens is 258 g/mol. The zero-order valence-corrected chi connectivity index (χ0v) is 13.1. The largest absolute Gasteiger partial charge is 0.309 e. The molecule has 0 spiro atoms. The van der Waals surface area contributed by atoms with E-state index in [-0.39, 0.29) is 5.41 Å². The quantitative estimate of drug-likeness (QED) is 0.791. The van der Waals surface area contributed by atoms with E-state index in [1.54, 1.807) is 0 Å². The van der Waals surface area contributed by atoms with Gasteiger partial charge in [0, 0.05) is 24.0 Å². The molecule has 2 aromatic rings. The number of hydrogen-bond donors (Lipinski definition) is 0. The number of alkyl halides is 1. The van der Waals surface area contributed by atoms with Crippen molar-refractivity contribution in [3.63, 3.8) is 0 Å². The average Bonchev–Trinajstić information content (AvgIpc) is 2.64. The lowest BCUT2D eigenvalue weighted by Crippen LogP contribution is -2.23. The van der Waals surface area contributed by atoms with Gasteiger partial charge < -0.3 is 4.57 Å². The van der Waals surface area contributed by atoms with Crippen molar-refractivity contribution in [3.05, 3.63) is 23.7 Å². The van der Waals surface area contributed by atoms with E-state index in [0.29, 0.717) is 11.9 Å². The van der Waals surface area contributed by atoms with Crippen LogP contribution in [0.5, 0.6) is 0 Å². The van der Waals surface area contributed by atoms with Gasteiger partial charge in [0.2, 0.25) is 0 Å². The summed E-state index contributed by atoms with van der Waals surface area (Å²) in [5.74, 6) is 1.62. The molecule has 2 heterocycles. The highest BCUT2D eigenvalue weighted by Crippen LogP contribution is 2.33. The molecule has 0 saturated carbocycles. The van der Waals surface area contributed by atoms with Crippen LogP contribution in [-0.2, 0) is 6.42 Å². The molecule has 0 saturated heterocycles. The smallest absolute Gasteiger partial charge is 0.160 e. The van der Waals surface area contributed by atoms with Crippen molar-refractivity contribution in [1.82, 2.24) is 14.5 Å². The van der Waals surface area contributed by atoms with Gasteiger partial charge in [-0.2, -0.15) is 0 Å². The van der Waals surface area contributed by atoms with Crippen LogP contribution in [-0.4, -0.2) is 20.4 Å². The Labute approximate surface area is 120 Å². The van der Waals surface area contributed by atoms with E-state index in [1.165, 1.54) is 0 Å². The minimum absolute atomic E-state index is 0.153. The SMILES string of the molecule is Cc1ccc2nc(CCCl)n(C(C)C(C)(C)C)c2n1. The van der Waals surface area contributed by atoms with E-state index < -0.39 is 0 Å². The Morgan fingerprint density at radius 3 is 2.53 bits per heavy atom. The summed E-state index contributed by atoms with van der Waals surface area (Å²) >= 11 is 5.91. The van der Waals surface area contributed by atoms with Crippen LogP contribution in [0.15, 0.2) is 12.1 Å². The van der Waals surface area contributed by atoms with E-state index in [9.17, 15) is 0 Å². The molecule has 0 aliphatic carbocycles. The van der Waals surface area contributed by atoms with Gasteiger partial charge in [-0.3, -0.25) is 0 Å². The van der Waals surface area contributed by atoms with E-state index in [4.69, 9.17) is 16.6 Å². The minimum atomic E-state index is 0.153. The molecule has 104 valence electrons. The van der Waals surface area contributed by atoms with Crippen molar-refractivity contribution in [2.45, 2.75) is 47.1 Å². The summed E-state index contributed by atoms with van der Waals surface area (Å²) < 4.78 is 2.25. The summed E-state index contributed by atoms with van der Waals surface area (Å²) in [5.41, 5.74) is 3.11. The lowest BCUT2D eigenvalue weighted by atomic mass is 9.87. The van der Waals surface area contributed by atoms with Crippen LogP contribution in [0, 0.1) is 12.3 Å². The molecule has 4 heteroatoms. The van der Waals surface area contributed by atoms with Crippen molar-refractivity contribution in [2.75, 3.05) is 5.88 Å². The van der Waals surface area contributed by atoms with Gasteiger partial charge in [-0.15, -0.1) is 11.6 Å². The molecule has 0 aliphatic heterocycles. The first-order valence-electron chi connectivity index (χ1n) is 6.75. The second-order valence-corrected chi connectivity index (χ2v) is 6.55. The monoisotopic (exact) mass is 279 g/mol. The van der Waals surface area contributed by atoms with Crippen molar-refractivity contribution in [3.8, 4) is 0 Å². The number of rotatable bonds is 3. The fourth-order valence-corrected chi connectivity index (χ4v) is 2.34. The number of aryl methyl sites for hydroxylation is 2. The molecule has 0 radical (unpaired) electrons. The molecular formula is C15H22ClN3. The summed E-state index contributed by atoms with van der Waals surface area (Å²) in [7, 11) is 0. The van der Waals surface area contributed by atoms with Crippen LogP contribution in [0.4, 0.5) is 0 Å². The van der Waals surface area contributed by atoms with Gasteiger partial charge >= 0.3 is 0 Å². The van der Waals surface area contributed by atoms with Crippen LogP contribution in [0.3, 0.4) is 0 Å². The lowest BCUT2D eigenvalue weighted by molar-refractivity contribution is 0.262. The molecule has 0 N–H and O–H groups in total. The molecule has 0 fully saturated rings. The summed E-state index contributed by atoms with van der Waals surface area (Å²) in [5, 5.41) is 0. The maximum absolute atomic E-state index is 5.91. The molecule has 0 aliphatic rings. The van der Waals surface area contributed by atoms with Crippen LogP contribution in [0.2, 0.25) is 0 Å². The molecule has 0 aromatic carbocycles. The second-order valence-electron chi connectivity index (χ2n) is 6.17. The van der Waals surface area contributed by atoms with Crippen molar-refractivity contribution >= 4 is 22.8 Å². The first-order valence-corrected chi connectivity index (χ1v) is 7.28. The first kappa shape index (κ1) is 14.3. The Morgan fingerprint density at radius 1 is 1.26 bits per heavy atom. The first-order chi connectivity index (χ1) is 8.84. The fraction of sp³-hybridized carbons (Fsp3) is 0.600. The van der Waals surface area contributed by atoms with Crippen LogP contribution in [0.1, 0.15) is 45.3 Å². The highest BCUT2D eigenvalue weighted by molar-refractivity contribution is 6.17. The number of nitrogens with zero attached hydrogens (tertiary/aromatic N) is 3. The summed E-state index contributed by atoms with van der Waals surface area (Å²) in [6, 6.07) is 4.37. The number of hydrogen-bond acceptors (Lipinski definition) is 2. The Morgan fingerprint density at radius 2 is 1.95 bits per heavy atom. The Hall–Kier alpha value is -1.09. The minimum Gasteiger partial charge on any atom is -0.309 e. The third kappa shape index (κ3) is 2.76. The molecule has 0 amide bonds. The second kappa shape index (κ2) is 5.12. The van der Waals surface area contributed by atoms with E-state index >= 15 is 0 Å². The number of aromatic nitrogens is 3. The standard InChI is InChI=1S/C15H22ClN3/c1-10-6-7-12-14(17-10)19(11(2)15(3,4)5)13(18-12)8-9-16/h6-7,11H,8-9H2,1-5H3. The van der Waals surface area contributed by atoms with Crippen LogP contribution in [0.25, 0.3) is 11.2 Å².